The molecule has 2 atom stereocenters. The van der Waals surface area contributed by atoms with Crippen LogP contribution in [-0.2, 0) is 4.79 Å². The van der Waals surface area contributed by atoms with E-state index in [1.54, 1.807) is 0 Å². The van der Waals surface area contributed by atoms with Crippen LogP contribution in [0.1, 0.15) is 36.5 Å². The molecule has 2 unspecified atom stereocenters. The van der Waals surface area contributed by atoms with Crippen molar-refractivity contribution in [3.63, 3.8) is 0 Å². The third-order valence-electron chi connectivity index (χ3n) is 5.16. The molecule has 0 bridgehead atoms. The molecule has 2 N–H and O–H groups in total. The van der Waals surface area contributed by atoms with E-state index >= 15 is 0 Å². The summed E-state index contributed by atoms with van der Waals surface area (Å²) in [5.41, 5.74) is 4.46. The molecule has 166 valence electrons. The van der Waals surface area contributed by atoms with Gasteiger partial charge in [0.05, 0.1) is 9.89 Å². The molecule has 3 rings (SSSR count). The summed E-state index contributed by atoms with van der Waals surface area (Å²) in [7, 11) is 0. The molecule has 0 fully saturated rings. The lowest BCUT2D eigenvalue weighted by Gasteiger charge is -2.21. The highest BCUT2D eigenvalue weighted by atomic mass is 79.9. The standard InChI is InChI=1S/C26H26BrClN2OS/c1-17-8-6-7-11-21(17)25(32)22-14-13-20(16-23(22)28)29-24(15-12-18(2)27)26(31)30-19-9-4-3-5-10-19/h3-11,13-14,16,18,24,29H,12,15H2,1-2H3,(H,30,31). The van der Waals surface area contributed by atoms with Crippen molar-refractivity contribution in [3.8, 4) is 0 Å². The minimum atomic E-state index is -0.402. The van der Waals surface area contributed by atoms with Crippen LogP contribution in [0.2, 0.25) is 5.02 Å². The summed E-state index contributed by atoms with van der Waals surface area (Å²) in [4.78, 5) is 14.0. The Morgan fingerprint density at radius 1 is 0.969 bits per heavy atom. The van der Waals surface area contributed by atoms with Crippen LogP contribution in [-0.4, -0.2) is 21.6 Å². The molecule has 0 aliphatic rings. The topological polar surface area (TPSA) is 41.1 Å². The fourth-order valence-corrected chi connectivity index (χ4v) is 4.38. The van der Waals surface area contributed by atoms with E-state index in [1.807, 2.05) is 79.7 Å². The number of thiocarbonyl (C=S) groups is 1. The average molecular weight is 530 g/mol. The number of halogens is 2. The van der Waals surface area contributed by atoms with E-state index in [-0.39, 0.29) is 5.91 Å². The third-order valence-corrected chi connectivity index (χ3v) is 6.37. The van der Waals surface area contributed by atoms with Crippen LogP contribution >= 0.6 is 39.7 Å². The second-order valence-corrected chi connectivity index (χ2v) is 10.1. The molecule has 0 aliphatic heterocycles. The molecule has 3 nitrogen and oxygen atoms in total. The molecule has 3 aromatic rings. The zero-order valence-electron chi connectivity index (χ0n) is 18.1. The Morgan fingerprint density at radius 2 is 1.66 bits per heavy atom. The van der Waals surface area contributed by atoms with E-state index in [2.05, 4.69) is 33.5 Å². The van der Waals surface area contributed by atoms with Crippen molar-refractivity contribution in [1.29, 1.82) is 0 Å². The first-order valence-electron chi connectivity index (χ1n) is 10.5. The van der Waals surface area contributed by atoms with Crippen LogP contribution in [0.4, 0.5) is 11.4 Å². The normalized spacial score (nSPS) is 12.6. The lowest BCUT2D eigenvalue weighted by molar-refractivity contribution is -0.117. The quantitative estimate of drug-likeness (QED) is 0.172. The number of aryl methyl sites for hydroxylation is 1. The van der Waals surface area contributed by atoms with Gasteiger partial charge in [0.1, 0.15) is 6.04 Å². The van der Waals surface area contributed by atoms with E-state index < -0.39 is 6.04 Å². The summed E-state index contributed by atoms with van der Waals surface area (Å²) in [5, 5.41) is 6.89. The fraction of sp³-hybridized carbons (Fsp3) is 0.231. The number of benzene rings is 3. The van der Waals surface area contributed by atoms with Gasteiger partial charge in [-0.2, -0.15) is 0 Å². The Morgan fingerprint density at radius 3 is 2.31 bits per heavy atom. The summed E-state index contributed by atoms with van der Waals surface area (Å²) >= 11 is 15.9. The zero-order valence-corrected chi connectivity index (χ0v) is 21.2. The number of para-hydroxylation sites is 1. The van der Waals surface area contributed by atoms with Crippen molar-refractivity contribution in [2.24, 2.45) is 0 Å². The summed E-state index contributed by atoms with van der Waals surface area (Å²) < 4.78 is 0. The number of carbonyl (C=O) groups excluding carboxylic acids is 1. The average Bonchev–Trinajstić information content (AvgIpc) is 2.77. The Balaban J connectivity index is 1.78. The van der Waals surface area contributed by atoms with Gasteiger partial charge in [0, 0.05) is 21.8 Å². The fourth-order valence-electron chi connectivity index (χ4n) is 3.38. The number of alkyl halides is 1. The highest BCUT2D eigenvalue weighted by Gasteiger charge is 2.20. The number of amides is 1. The molecular formula is C26H26BrClN2OS. The molecule has 0 aromatic heterocycles. The van der Waals surface area contributed by atoms with Gasteiger partial charge < -0.3 is 10.6 Å². The minimum absolute atomic E-state index is 0.0834. The second kappa shape index (κ2) is 11.6. The van der Waals surface area contributed by atoms with Gasteiger partial charge >= 0.3 is 0 Å². The smallest absolute Gasteiger partial charge is 0.246 e. The number of carbonyl (C=O) groups is 1. The van der Waals surface area contributed by atoms with Gasteiger partial charge in [0.25, 0.3) is 0 Å². The van der Waals surface area contributed by atoms with E-state index in [4.69, 9.17) is 23.8 Å². The van der Waals surface area contributed by atoms with Crippen molar-refractivity contribution in [1.82, 2.24) is 0 Å². The number of anilines is 2. The van der Waals surface area contributed by atoms with E-state index in [1.165, 1.54) is 0 Å². The minimum Gasteiger partial charge on any atom is -0.374 e. The zero-order chi connectivity index (χ0) is 23.1. The maximum Gasteiger partial charge on any atom is 0.246 e. The maximum atomic E-state index is 13.0. The summed E-state index contributed by atoms with van der Waals surface area (Å²) in [5.74, 6) is -0.0834. The number of hydrogen-bond acceptors (Lipinski definition) is 3. The predicted molar refractivity (Wildman–Crippen MR) is 144 cm³/mol. The first kappa shape index (κ1) is 24.4. The maximum absolute atomic E-state index is 13.0. The van der Waals surface area contributed by atoms with E-state index in [0.29, 0.717) is 21.1 Å². The molecule has 0 spiro atoms. The molecule has 0 saturated carbocycles. The van der Waals surface area contributed by atoms with Gasteiger partial charge in [-0.15, -0.1) is 0 Å². The Labute approximate surface area is 208 Å². The molecule has 0 aliphatic carbocycles. The Hall–Kier alpha value is -2.21. The SMILES string of the molecule is Cc1ccccc1C(=S)c1ccc(NC(CCC(C)Br)C(=O)Nc2ccccc2)cc1Cl. The van der Waals surface area contributed by atoms with E-state index in [0.717, 1.165) is 34.5 Å². The molecule has 1 amide bonds. The van der Waals surface area contributed by atoms with Crippen LogP contribution in [0.5, 0.6) is 0 Å². The molecule has 0 heterocycles. The van der Waals surface area contributed by atoms with Crippen molar-refractivity contribution < 1.29 is 4.79 Å². The van der Waals surface area contributed by atoms with Gasteiger partial charge in [-0.05, 0) is 61.2 Å². The van der Waals surface area contributed by atoms with Crippen molar-refractivity contribution in [2.45, 2.75) is 37.6 Å². The molecule has 0 saturated heterocycles. The highest BCUT2D eigenvalue weighted by Crippen LogP contribution is 2.26. The monoisotopic (exact) mass is 528 g/mol. The molecule has 32 heavy (non-hydrogen) atoms. The molecule has 6 heteroatoms. The van der Waals surface area contributed by atoms with Crippen LogP contribution in [0.25, 0.3) is 0 Å². The summed E-state index contributed by atoms with van der Waals surface area (Å²) in [6.45, 7) is 4.11. The van der Waals surface area contributed by atoms with E-state index in [9.17, 15) is 4.79 Å². The van der Waals surface area contributed by atoms with Crippen LogP contribution in [0.3, 0.4) is 0 Å². The lowest BCUT2D eigenvalue weighted by Crippen LogP contribution is -2.35. The van der Waals surface area contributed by atoms with Crippen LogP contribution < -0.4 is 10.6 Å². The van der Waals surface area contributed by atoms with Crippen molar-refractivity contribution >= 4 is 61.9 Å². The lowest BCUT2D eigenvalue weighted by atomic mass is 10.00. The predicted octanol–water partition coefficient (Wildman–Crippen LogP) is 7.40. The van der Waals surface area contributed by atoms with Gasteiger partial charge in [0.2, 0.25) is 5.91 Å². The Kier molecular flexibility index (Phi) is 8.85. The Bertz CT molecular complexity index is 1090. The van der Waals surface area contributed by atoms with Crippen molar-refractivity contribution in [2.75, 3.05) is 10.6 Å². The van der Waals surface area contributed by atoms with Gasteiger partial charge in [0.15, 0.2) is 0 Å². The summed E-state index contributed by atoms with van der Waals surface area (Å²) in [6.07, 6.45) is 1.52. The van der Waals surface area contributed by atoms with Gasteiger partial charge in [-0.1, -0.05) is 89.1 Å². The van der Waals surface area contributed by atoms with Gasteiger partial charge in [-0.3, -0.25) is 4.79 Å². The number of rotatable bonds is 9. The highest BCUT2D eigenvalue weighted by molar-refractivity contribution is 9.09. The third kappa shape index (κ3) is 6.64. The molecule has 0 radical (unpaired) electrons. The van der Waals surface area contributed by atoms with Crippen LogP contribution in [0.15, 0.2) is 72.8 Å². The largest absolute Gasteiger partial charge is 0.374 e. The number of nitrogens with one attached hydrogen (secondary N) is 2. The molecular weight excluding hydrogens is 504 g/mol. The summed E-state index contributed by atoms with van der Waals surface area (Å²) in [6, 6.07) is 22.7. The first-order valence-corrected chi connectivity index (χ1v) is 12.2. The molecule has 3 aromatic carbocycles. The first-order chi connectivity index (χ1) is 15.3. The van der Waals surface area contributed by atoms with Gasteiger partial charge in [-0.25, -0.2) is 0 Å². The van der Waals surface area contributed by atoms with Crippen molar-refractivity contribution in [3.05, 3.63) is 94.5 Å². The second-order valence-electron chi connectivity index (χ2n) is 7.75. The number of hydrogen-bond donors (Lipinski definition) is 2. The van der Waals surface area contributed by atoms with Crippen LogP contribution in [0, 0.1) is 6.92 Å².